The highest BCUT2D eigenvalue weighted by atomic mass is 32.1. The van der Waals surface area contributed by atoms with Crippen LogP contribution in [0, 0.1) is 0 Å². The van der Waals surface area contributed by atoms with Gasteiger partial charge in [-0.05, 0) is 12.1 Å². The van der Waals surface area contributed by atoms with Crippen LogP contribution >= 0.6 is 0 Å². The second kappa shape index (κ2) is 4.88. The highest BCUT2D eigenvalue weighted by molar-refractivity contribution is 7.66. The molecule has 80 valence electrons. The molecule has 0 aliphatic heterocycles. The summed E-state index contributed by atoms with van der Waals surface area (Å²) in [6.07, 6.45) is -4.60. The van der Waals surface area contributed by atoms with Crippen LogP contribution in [-0.2, 0) is 11.3 Å². The molecule has 0 amide bonds. The second-order valence-electron chi connectivity index (χ2n) is 2.54. The van der Waals surface area contributed by atoms with Crippen molar-refractivity contribution in [1.82, 2.24) is 0 Å². The lowest BCUT2D eigenvalue weighted by atomic mass is 10.3. The topological polar surface area (TPSA) is 29.4 Å². The Morgan fingerprint density at radius 3 is 2.33 bits per heavy atom. The summed E-state index contributed by atoms with van der Waals surface area (Å²) in [5, 5.41) is 0.438. The van der Waals surface area contributed by atoms with Crippen molar-refractivity contribution in [3.05, 3.63) is 30.3 Å². The van der Waals surface area contributed by atoms with Gasteiger partial charge in [0.2, 0.25) is 0 Å². The third-order valence-corrected chi connectivity index (χ3v) is 1.78. The lowest BCUT2D eigenvalue weighted by molar-refractivity contribution is -0.0562. The summed E-state index contributed by atoms with van der Waals surface area (Å²) in [4.78, 5) is 3.33. The summed E-state index contributed by atoms with van der Waals surface area (Å²) >= 11 is -0.270. The fourth-order valence-corrected chi connectivity index (χ4v) is 1.12. The average Bonchev–Trinajstić information content (AvgIpc) is 2.17. The van der Waals surface area contributed by atoms with Gasteiger partial charge in [-0.25, -0.2) is 9.20 Å². The third-order valence-electron chi connectivity index (χ3n) is 1.46. The maximum atomic E-state index is 12.3. The predicted molar refractivity (Wildman–Crippen MR) is 53.8 cm³/mol. The first-order valence-electron chi connectivity index (χ1n) is 3.87. The lowest BCUT2D eigenvalue weighted by Gasteiger charge is -2.04. The molecule has 0 radical (unpaired) electrons. The Morgan fingerprint density at radius 1 is 1.27 bits per heavy atom. The van der Waals surface area contributed by atoms with Gasteiger partial charge in [-0.2, -0.15) is 13.2 Å². The minimum atomic E-state index is -4.60. The number of hydrogen-bond donors (Lipinski definition) is 0. The molecule has 2 nitrogen and oxygen atoms in total. The largest absolute Gasteiger partial charge is 0.434 e. The van der Waals surface area contributed by atoms with Gasteiger partial charge in [0.05, 0.1) is 22.3 Å². The van der Waals surface area contributed by atoms with Crippen molar-refractivity contribution in [2.45, 2.75) is 6.18 Å². The van der Waals surface area contributed by atoms with E-state index in [4.69, 9.17) is 0 Å². The van der Waals surface area contributed by atoms with Crippen LogP contribution in [0.1, 0.15) is 0 Å². The van der Waals surface area contributed by atoms with Crippen LogP contribution < -0.4 is 0 Å². The Morgan fingerprint density at radius 2 is 1.87 bits per heavy atom. The van der Waals surface area contributed by atoms with Gasteiger partial charge in [0.25, 0.3) is 0 Å². The third kappa shape index (κ3) is 3.67. The minimum Gasteiger partial charge on any atom is -0.243 e. The number of halogens is 3. The molecule has 15 heavy (non-hydrogen) atoms. The summed E-state index contributed by atoms with van der Waals surface area (Å²) in [6.45, 7) is 0. The predicted octanol–water partition coefficient (Wildman–Crippen LogP) is 2.34. The van der Waals surface area contributed by atoms with Crippen molar-refractivity contribution in [2.75, 3.05) is 0 Å². The molecule has 0 saturated heterocycles. The summed E-state index contributed by atoms with van der Waals surface area (Å²) in [6, 6.07) is 7.65. The van der Waals surface area contributed by atoms with Crippen molar-refractivity contribution in [2.24, 2.45) is 4.99 Å². The number of aliphatic imine (C=N–C) groups is 1. The summed E-state index contributed by atoms with van der Waals surface area (Å²) in [5.41, 5.74) is -1.02. The number of hydrogen-bond acceptors (Lipinski definition) is 2. The molecule has 0 aromatic heterocycles. The standard InChI is InChI=1S/C9H6F3NOS/c10-9(11,12)8(6-15-14)13-7-4-2-1-3-5-7/h1-6H. The Bertz CT molecular complexity index is 407. The van der Waals surface area contributed by atoms with Gasteiger partial charge in [0.15, 0.2) is 5.71 Å². The zero-order chi connectivity index (χ0) is 11.3. The van der Waals surface area contributed by atoms with Crippen LogP contribution in [0.15, 0.2) is 35.3 Å². The van der Waals surface area contributed by atoms with Crippen molar-refractivity contribution < 1.29 is 17.4 Å². The molecule has 1 rings (SSSR count). The SMILES string of the molecule is O=S=CC(=Nc1ccccc1)C(F)(F)F. The zero-order valence-corrected chi connectivity index (χ0v) is 8.18. The van der Waals surface area contributed by atoms with Crippen LogP contribution in [0.25, 0.3) is 0 Å². The smallest absolute Gasteiger partial charge is 0.243 e. The van der Waals surface area contributed by atoms with E-state index in [1.165, 1.54) is 12.1 Å². The molecule has 0 saturated carbocycles. The van der Waals surface area contributed by atoms with E-state index < -0.39 is 11.9 Å². The normalized spacial score (nSPS) is 12.3. The minimum absolute atomic E-state index is 0.162. The molecule has 0 bridgehead atoms. The molecule has 0 spiro atoms. The van der Waals surface area contributed by atoms with E-state index in [-0.39, 0.29) is 16.9 Å². The highest BCUT2D eigenvalue weighted by Crippen LogP contribution is 2.20. The molecule has 0 atom stereocenters. The van der Waals surface area contributed by atoms with Gasteiger partial charge < -0.3 is 0 Å². The lowest BCUT2D eigenvalue weighted by Crippen LogP contribution is -2.23. The van der Waals surface area contributed by atoms with Crippen LogP contribution in [0.3, 0.4) is 0 Å². The van der Waals surface area contributed by atoms with E-state index in [0.29, 0.717) is 5.37 Å². The number of rotatable bonds is 2. The Hall–Kier alpha value is -1.43. The van der Waals surface area contributed by atoms with E-state index in [2.05, 4.69) is 4.99 Å². The molecule has 0 unspecified atom stereocenters. The van der Waals surface area contributed by atoms with Crippen molar-refractivity contribution in [3.63, 3.8) is 0 Å². The van der Waals surface area contributed by atoms with Gasteiger partial charge in [-0.15, -0.1) is 0 Å². The molecule has 1 aromatic carbocycles. The van der Waals surface area contributed by atoms with Crippen LogP contribution in [0.5, 0.6) is 0 Å². The molecule has 0 N–H and O–H groups in total. The molecule has 1 aromatic rings. The number of benzene rings is 1. The fourth-order valence-electron chi connectivity index (χ4n) is 0.844. The Balaban J connectivity index is 3.11. The van der Waals surface area contributed by atoms with E-state index >= 15 is 0 Å². The van der Waals surface area contributed by atoms with Crippen molar-refractivity contribution in [3.8, 4) is 0 Å². The first-order valence-corrected chi connectivity index (χ1v) is 4.67. The van der Waals surface area contributed by atoms with Gasteiger partial charge in [-0.1, -0.05) is 18.2 Å². The van der Waals surface area contributed by atoms with Crippen LogP contribution in [0.4, 0.5) is 18.9 Å². The number of para-hydroxylation sites is 1. The molecule has 0 fully saturated rings. The number of alkyl halides is 3. The second-order valence-corrected chi connectivity index (χ2v) is 2.97. The van der Waals surface area contributed by atoms with E-state index in [9.17, 15) is 17.4 Å². The van der Waals surface area contributed by atoms with E-state index in [0.717, 1.165) is 0 Å². The van der Waals surface area contributed by atoms with Gasteiger partial charge >= 0.3 is 6.18 Å². The van der Waals surface area contributed by atoms with Crippen molar-refractivity contribution in [1.29, 1.82) is 0 Å². The Labute approximate surface area is 87.5 Å². The van der Waals surface area contributed by atoms with Crippen LogP contribution in [-0.4, -0.2) is 21.5 Å². The van der Waals surface area contributed by atoms with Gasteiger partial charge in [-0.3, -0.25) is 0 Å². The Kier molecular flexibility index (Phi) is 3.79. The highest BCUT2D eigenvalue weighted by Gasteiger charge is 2.34. The van der Waals surface area contributed by atoms with E-state index in [1.54, 1.807) is 18.2 Å². The summed E-state index contributed by atoms with van der Waals surface area (Å²) in [5.74, 6) is 0. The van der Waals surface area contributed by atoms with Gasteiger partial charge in [0, 0.05) is 0 Å². The zero-order valence-electron chi connectivity index (χ0n) is 7.36. The maximum Gasteiger partial charge on any atom is 0.434 e. The summed E-state index contributed by atoms with van der Waals surface area (Å²) in [7, 11) is 0. The van der Waals surface area contributed by atoms with Crippen molar-refractivity contribution >= 4 is 28.0 Å². The molecular formula is C9H6F3NOS. The van der Waals surface area contributed by atoms with Gasteiger partial charge in [0.1, 0.15) is 0 Å². The number of nitrogens with zero attached hydrogens (tertiary/aromatic N) is 1. The quantitative estimate of drug-likeness (QED) is 0.569. The molecule has 0 aliphatic rings. The first kappa shape index (κ1) is 11.6. The summed E-state index contributed by atoms with van der Waals surface area (Å²) < 4.78 is 46.9. The molecular weight excluding hydrogens is 227 g/mol. The van der Waals surface area contributed by atoms with E-state index in [1.807, 2.05) is 0 Å². The monoisotopic (exact) mass is 233 g/mol. The maximum absolute atomic E-state index is 12.3. The van der Waals surface area contributed by atoms with Crippen LogP contribution in [0.2, 0.25) is 0 Å². The molecule has 0 heterocycles. The molecule has 0 aliphatic carbocycles. The molecule has 6 heteroatoms. The fraction of sp³-hybridized carbons (Fsp3) is 0.111. The average molecular weight is 233 g/mol. The first-order chi connectivity index (χ1) is 7.04.